The number of benzene rings is 1. The van der Waals surface area contributed by atoms with Crippen molar-refractivity contribution in [1.82, 2.24) is 9.78 Å². The summed E-state index contributed by atoms with van der Waals surface area (Å²) in [5.74, 6) is -0.573. The number of aromatic nitrogens is 2. The van der Waals surface area contributed by atoms with Gasteiger partial charge in [-0.3, -0.25) is 4.68 Å². The summed E-state index contributed by atoms with van der Waals surface area (Å²) in [5.41, 5.74) is 7.93. The van der Waals surface area contributed by atoms with Gasteiger partial charge in [-0.05, 0) is 19.1 Å². The normalized spacial score (nSPS) is 10.2. The Labute approximate surface area is 126 Å². The highest BCUT2D eigenvalue weighted by Gasteiger charge is 2.19. The number of hydrogen-bond acceptors (Lipinski definition) is 5. The van der Waals surface area contributed by atoms with Gasteiger partial charge in [0.2, 0.25) is 0 Å². The number of esters is 1. The van der Waals surface area contributed by atoms with Crippen LogP contribution in [-0.4, -0.2) is 15.7 Å². The van der Waals surface area contributed by atoms with E-state index in [1.165, 1.54) is 10.7 Å². The van der Waals surface area contributed by atoms with E-state index in [0.717, 1.165) is 0 Å². The van der Waals surface area contributed by atoms with Gasteiger partial charge in [-0.25, -0.2) is 4.79 Å². The van der Waals surface area contributed by atoms with Gasteiger partial charge >= 0.3 is 5.97 Å². The lowest BCUT2D eigenvalue weighted by molar-refractivity contribution is 0.0461. The molecule has 21 heavy (non-hydrogen) atoms. The van der Waals surface area contributed by atoms with Crippen LogP contribution in [0.25, 0.3) is 0 Å². The molecule has 2 rings (SSSR count). The number of nitriles is 1. The van der Waals surface area contributed by atoms with Gasteiger partial charge in [-0.15, -0.1) is 0 Å². The first kappa shape index (κ1) is 14.9. The van der Waals surface area contributed by atoms with Crippen LogP contribution in [0, 0.1) is 18.3 Å². The van der Waals surface area contributed by atoms with Gasteiger partial charge in [0.1, 0.15) is 6.61 Å². The fourth-order valence-electron chi connectivity index (χ4n) is 1.86. The first-order valence-corrected chi connectivity index (χ1v) is 6.46. The van der Waals surface area contributed by atoms with E-state index >= 15 is 0 Å². The van der Waals surface area contributed by atoms with E-state index in [0.29, 0.717) is 27.5 Å². The number of carbonyl (C=O) groups is 1. The van der Waals surface area contributed by atoms with E-state index in [1.54, 1.807) is 26.1 Å². The van der Waals surface area contributed by atoms with E-state index in [1.807, 2.05) is 6.07 Å². The maximum Gasteiger partial charge on any atom is 0.359 e. The Bertz CT molecular complexity index is 746. The molecule has 0 unspecified atom stereocenters. The zero-order valence-electron chi connectivity index (χ0n) is 11.6. The molecule has 0 amide bonds. The highest BCUT2D eigenvalue weighted by Crippen LogP contribution is 2.20. The molecular weight excluding hydrogens is 292 g/mol. The average Bonchev–Trinajstić information content (AvgIpc) is 2.70. The zero-order valence-corrected chi connectivity index (χ0v) is 12.3. The standard InChI is InChI=1S/C14H13ClN4O2/c1-8-12(17)13(19(2)18-8)14(20)21-7-10-4-3-9(6-16)5-11(10)15/h3-5H,7,17H2,1-2H3. The number of hydrogen-bond donors (Lipinski definition) is 1. The molecule has 0 aliphatic heterocycles. The SMILES string of the molecule is Cc1nn(C)c(C(=O)OCc2ccc(C#N)cc2Cl)c1N. The summed E-state index contributed by atoms with van der Waals surface area (Å²) in [6, 6.07) is 6.76. The molecule has 0 aliphatic rings. The summed E-state index contributed by atoms with van der Waals surface area (Å²) >= 11 is 6.02. The second-order valence-corrected chi connectivity index (χ2v) is 4.87. The molecule has 2 N–H and O–H groups in total. The minimum Gasteiger partial charge on any atom is -0.456 e. The average molecular weight is 305 g/mol. The first-order valence-electron chi connectivity index (χ1n) is 6.08. The molecule has 7 heteroatoms. The summed E-state index contributed by atoms with van der Waals surface area (Å²) < 4.78 is 6.58. The molecule has 2 aromatic rings. The molecule has 1 aromatic heterocycles. The van der Waals surface area contributed by atoms with Crippen molar-refractivity contribution in [2.75, 3.05) is 5.73 Å². The third-order valence-corrected chi connectivity index (χ3v) is 3.35. The molecule has 0 spiro atoms. The topological polar surface area (TPSA) is 93.9 Å². The lowest BCUT2D eigenvalue weighted by atomic mass is 10.1. The van der Waals surface area contributed by atoms with Crippen LogP contribution in [0.4, 0.5) is 5.69 Å². The van der Waals surface area contributed by atoms with Gasteiger partial charge in [-0.1, -0.05) is 17.7 Å². The van der Waals surface area contributed by atoms with Crippen molar-refractivity contribution in [1.29, 1.82) is 5.26 Å². The zero-order chi connectivity index (χ0) is 15.6. The number of nitrogens with two attached hydrogens (primary N) is 1. The van der Waals surface area contributed by atoms with Crippen LogP contribution in [-0.2, 0) is 18.4 Å². The van der Waals surface area contributed by atoms with Crippen molar-refractivity contribution in [2.45, 2.75) is 13.5 Å². The Kier molecular flexibility index (Phi) is 4.15. The Morgan fingerprint density at radius 2 is 2.29 bits per heavy atom. The Morgan fingerprint density at radius 1 is 1.57 bits per heavy atom. The van der Waals surface area contributed by atoms with Gasteiger partial charge in [0.25, 0.3) is 0 Å². The molecule has 1 aromatic carbocycles. The summed E-state index contributed by atoms with van der Waals surface area (Å²) in [6.07, 6.45) is 0. The molecule has 0 saturated carbocycles. The monoisotopic (exact) mass is 304 g/mol. The van der Waals surface area contributed by atoms with Crippen LogP contribution >= 0.6 is 11.6 Å². The third-order valence-electron chi connectivity index (χ3n) is 3.00. The number of nitrogen functional groups attached to an aromatic ring is 1. The summed E-state index contributed by atoms with van der Waals surface area (Å²) in [4.78, 5) is 12.0. The van der Waals surface area contributed by atoms with Crippen molar-refractivity contribution in [3.63, 3.8) is 0 Å². The lowest BCUT2D eigenvalue weighted by Crippen LogP contribution is -2.12. The number of carbonyl (C=O) groups excluding carboxylic acids is 1. The van der Waals surface area contributed by atoms with Gasteiger partial charge in [0, 0.05) is 17.6 Å². The Balaban J connectivity index is 2.13. The Hall–Kier alpha value is -2.52. The summed E-state index contributed by atoms with van der Waals surface area (Å²) in [5, 5.41) is 13.2. The molecular formula is C14H13ClN4O2. The minimum atomic E-state index is -0.573. The molecule has 0 aliphatic carbocycles. The van der Waals surface area contributed by atoms with Crippen molar-refractivity contribution >= 4 is 23.3 Å². The van der Waals surface area contributed by atoms with Crippen molar-refractivity contribution in [3.8, 4) is 6.07 Å². The van der Waals surface area contributed by atoms with Gasteiger partial charge in [0.05, 0.1) is 23.0 Å². The number of ether oxygens (including phenoxy) is 1. The number of nitrogens with zero attached hydrogens (tertiary/aromatic N) is 3. The molecule has 0 saturated heterocycles. The second kappa shape index (κ2) is 5.85. The van der Waals surface area contributed by atoms with Crippen LogP contribution < -0.4 is 5.73 Å². The van der Waals surface area contributed by atoms with E-state index in [9.17, 15) is 4.79 Å². The summed E-state index contributed by atoms with van der Waals surface area (Å²) in [7, 11) is 1.62. The Morgan fingerprint density at radius 3 is 2.81 bits per heavy atom. The van der Waals surface area contributed by atoms with E-state index in [2.05, 4.69) is 5.10 Å². The van der Waals surface area contributed by atoms with Crippen molar-refractivity contribution < 1.29 is 9.53 Å². The number of halogens is 1. The largest absolute Gasteiger partial charge is 0.456 e. The van der Waals surface area contributed by atoms with E-state index in [4.69, 9.17) is 27.3 Å². The predicted octanol–water partition coefficient (Wildman–Crippen LogP) is 2.19. The minimum absolute atomic E-state index is 0.00690. The van der Waals surface area contributed by atoms with Crippen LogP contribution in [0.2, 0.25) is 5.02 Å². The van der Waals surface area contributed by atoms with E-state index < -0.39 is 5.97 Å². The smallest absolute Gasteiger partial charge is 0.359 e. The van der Waals surface area contributed by atoms with Crippen LogP contribution in [0.15, 0.2) is 18.2 Å². The predicted molar refractivity (Wildman–Crippen MR) is 77.6 cm³/mol. The molecule has 0 bridgehead atoms. The summed E-state index contributed by atoms with van der Waals surface area (Å²) in [6.45, 7) is 1.70. The van der Waals surface area contributed by atoms with Gasteiger partial charge in [-0.2, -0.15) is 10.4 Å². The molecule has 6 nitrogen and oxygen atoms in total. The molecule has 1 heterocycles. The molecule has 0 atom stereocenters. The number of aryl methyl sites for hydroxylation is 2. The number of rotatable bonds is 3. The second-order valence-electron chi connectivity index (χ2n) is 4.47. The van der Waals surface area contributed by atoms with Crippen LogP contribution in [0.5, 0.6) is 0 Å². The molecule has 108 valence electrons. The van der Waals surface area contributed by atoms with Gasteiger partial charge in [0.15, 0.2) is 5.69 Å². The lowest BCUT2D eigenvalue weighted by Gasteiger charge is -2.07. The highest BCUT2D eigenvalue weighted by atomic mass is 35.5. The quantitative estimate of drug-likeness (QED) is 0.877. The number of anilines is 1. The van der Waals surface area contributed by atoms with E-state index in [-0.39, 0.29) is 12.3 Å². The van der Waals surface area contributed by atoms with Crippen molar-refractivity contribution in [3.05, 3.63) is 45.7 Å². The third kappa shape index (κ3) is 2.98. The van der Waals surface area contributed by atoms with Gasteiger partial charge < -0.3 is 10.5 Å². The maximum atomic E-state index is 12.0. The fourth-order valence-corrected chi connectivity index (χ4v) is 2.10. The highest BCUT2D eigenvalue weighted by molar-refractivity contribution is 6.31. The molecule has 0 radical (unpaired) electrons. The van der Waals surface area contributed by atoms with Crippen LogP contribution in [0.1, 0.15) is 27.3 Å². The maximum absolute atomic E-state index is 12.0. The van der Waals surface area contributed by atoms with Crippen molar-refractivity contribution in [2.24, 2.45) is 7.05 Å². The first-order chi connectivity index (χ1) is 9.93. The van der Waals surface area contributed by atoms with Crippen LogP contribution in [0.3, 0.4) is 0 Å². The fraction of sp³-hybridized carbons (Fsp3) is 0.214. The molecule has 0 fully saturated rings.